The summed E-state index contributed by atoms with van der Waals surface area (Å²) < 4.78 is 7.08. The molecule has 0 amide bonds. The molecule has 6 aromatic carbocycles. The Balaban J connectivity index is 1.43. The fourth-order valence-electron chi connectivity index (χ4n) is 6.97. The molecule has 0 radical (unpaired) electrons. The molecule has 0 bridgehead atoms. The Kier molecular flexibility index (Phi) is 5.68. The normalized spacial score (nSPS) is 11.8. The molecule has 0 aliphatic carbocycles. The molecule has 47 heavy (non-hydrogen) atoms. The van der Waals surface area contributed by atoms with Gasteiger partial charge in [-0.3, -0.25) is 4.57 Å². The van der Waals surface area contributed by atoms with Gasteiger partial charge in [-0.05, 0) is 30.3 Å². The van der Waals surface area contributed by atoms with Crippen molar-refractivity contribution in [1.29, 1.82) is 0 Å². The van der Waals surface area contributed by atoms with Crippen LogP contribution in [-0.4, -0.2) is 24.1 Å². The molecule has 0 saturated carbocycles. The standard InChI is InChI=1S/C41H25N5S/c1-4-14-26(15-5-1)39-42-40(27-16-6-2-7-17-27)44-41(43-39)46-32-22-12-10-20-29(32)35-36-31(24-25-45(36)28-18-8-3-9-19-28)34-30-21-11-13-23-33(30)47-38(34)37(35)46/h1-25H. The van der Waals surface area contributed by atoms with Crippen molar-refractivity contribution < 1.29 is 0 Å². The molecule has 4 heterocycles. The van der Waals surface area contributed by atoms with Crippen LogP contribution in [0.5, 0.6) is 0 Å². The molecule has 6 heteroatoms. The summed E-state index contributed by atoms with van der Waals surface area (Å²) in [6, 6.07) is 50.6. The molecule has 0 aliphatic rings. The highest BCUT2D eigenvalue weighted by molar-refractivity contribution is 7.27. The lowest BCUT2D eigenvalue weighted by molar-refractivity contribution is 0.955. The van der Waals surface area contributed by atoms with E-state index in [0.717, 1.165) is 33.2 Å². The zero-order valence-electron chi connectivity index (χ0n) is 25.1. The third-order valence-corrected chi connectivity index (χ3v) is 10.2. The first-order chi connectivity index (χ1) is 23.3. The SMILES string of the molecule is c1ccc(-c2nc(-c3ccccc3)nc(-n3c4ccccc4c4c5c(ccn5-c5ccccc5)c5c6ccccc6sc5c43)n2)cc1. The van der Waals surface area contributed by atoms with Gasteiger partial charge in [0.15, 0.2) is 11.6 Å². The fourth-order valence-corrected chi connectivity index (χ4v) is 8.23. The van der Waals surface area contributed by atoms with E-state index < -0.39 is 0 Å². The van der Waals surface area contributed by atoms with Crippen LogP contribution >= 0.6 is 11.3 Å². The third kappa shape index (κ3) is 3.92. The minimum Gasteiger partial charge on any atom is -0.316 e. The van der Waals surface area contributed by atoms with Gasteiger partial charge in [-0.15, -0.1) is 11.3 Å². The number of thiophene rings is 1. The highest BCUT2D eigenvalue weighted by Crippen LogP contribution is 2.48. The molecule has 0 saturated heterocycles. The fraction of sp³-hybridized carbons (Fsp3) is 0. The second-order valence-corrected chi connectivity index (χ2v) is 12.7. The quantitative estimate of drug-likeness (QED) is 0.197. The first kappa shape index (κ1) is 26.1. The summed E-state index contributed by atoms with van der Waals surface area (Å²) in [5, 5.41) is 6.10. The molecule has 0 spiro atoms. The smallest absolute Gasteiger partial charge is 0.238 e. The molecule has 0 N–H and O–H groups in total. The van der Waals surface area contributed by atoms with Crippen LogP contribution in [0, 0.1) is 0 Å². The van der Waals surface area contributed by atoms with Gasteiger partial charge in [0.05, 0.1) is 21.3 Å². The average molecular weight is 620 g/mol. The number of benzene rings is 6. The van der Waals surface area contributed by atoms with Crippen molar-refractivity contribution in [3.8, 4) is 34.4 Å². The van der Waals surface area contributed by atoms with E-state index in [0.29, 0.717) is 17.6 Å². The summed E-state index contributed by atoms with van der Waals surface area (Å²) in [4.78, 5) is 15.4. The van der Waals surface area contributed by atoms with E-state index in [4.69, 9.17) is 15.0 Å². The van der Waals surface area contributed by atoms with Crippen LogP contribution in [0.15, 0.2) is 152 Å². The van der Waals surface area contributed by atoms with Crippen LogP contribution in [0.4, 0.5) is 0 Å². The summed E-state index contributed by atoms with van der Waals surface area (Å²) in [5.41, 5.74) is 6.35. The molecule has 10 aromatic rings. The van der Waals surface area contributed by atoms with Crippen molar-refractivity contribution in [1.82, 2.24) is 24.1 Å². The number of nitrogens with zero attached hydrogens (tertiary/aromatic N) is 5. The summed E-state index contributed by atoms with van der Waals surface area (Å²) in [7, 11) is 0. The Morgan fingerprint density at radius 3 is 1.77 bits per heavy atom. The predicted molar refractivity (Wildman–Crippen MR) is 195 cm³/mol. The number of hydrogen-bond acceptors (Lipinski definition) is 4. The molecular weight excluding hydrogens is 595 g/mol. The van der Waals surface area contributed by atoms with E-state index >= 15 is 0 Å². The van der Waals surface area contributed by atoms with Gasteiger partial charge in [-0.25, -0.2) is 4.98 Å². The molecule has 5 nitrogen and oxygen atoms in total. The lowest BCUT2D eigenvalue weighted by Crippen LogP contribution is -2.06. The van der Waals surface area contributed by atoms with Crippen LogP contribution in [0.25, 0.3) is 87.3 Å². The number of rotatable bonds is 4. The second-order valence-electron chi connectivity index (χ2n) is 11.7. The minimum absolute atomic E-state index is 0.597. The van der Waals surface area contributed by atoms with Gasteiger partial charge in [-0.2, -0.15) is 9.97 Å². The highest BCUT2D eigenvalue weighted by Gasteiger charge is 2.25. The van der Waals surface area contributed by atoms with Crippen LogP contribution in [0.2, 0.25) is 0 Å². The maximum absolute atomic E-state index is 5.22. The summed E-state index contributed by atoms with van der Waals surface area (Å²) in [6.45, 7) is 0. The largest absolute Gasteiger partial charge is 0.316 e. The molecule has 0 fully saturated rings. The maximum Gasteiger partial charge on any atom is 0.238 e. The Hall–Kier alpha value is -6.11. The van der Waals surface area contributed by atoms with E-state index in [1.165, 1.54) is 36.5 Å². The second kappa shape index (κ2) is 10.2. The molecular formula is C41H25N5S. The topological polar surface area (TPSA) is 48.5 Å². The van der Waals surface area contributed by atoms with E-state index in [2.05, 4.69) is 125 Å². The van der Waals surface area contributed by atoms with Crippen LogP contribution < -0.4 is 0 Å². The van der Waals surface area contributed by atoms with Crippen molar-refractivity contribution in [2.75, 3.05) is 0 Å². The summed E-state index contributed by atoms with van der Waals surface area (Å²) in [5.74, 6) is 1.88. The van der Waals surface area contributed by atoms with Crippen molar-refractivity contribution in [2.45, 2.75) is 0 Å². The Morgan fingerprint density at radius 2 is 1.06 bits per heavy atom. The number of para-hydroxylation sites is 2. The zero-order valence-corrected chi connectivity index (χ0v) is 25.9. The first-order valence-electron chi connectivity index (χ1n) is 15.6. The van der Waals surface area contributed by atoms with Crippen LogP contribution in [0.1, 0.15) is 0 Å². The Morgan fingerprint density at radius 1 is 0.468 bits per heavy atom. The molecule has 4 aromatic heterocycles. The third-order valence-electron chi connectivity index (χ3n) is 9.00. The average Bonchev–Trinajstić information content (AvgIpc) is 3.84. The van der Waals surface area contributed by atoms with Gasteiger partial charge in [0, 0.05) is 54.6 Å². The van der Waals surface area contributed by atoms with Crippen molar-refractivity contribution in [3.63, 3.8) is 0 Å². The van der Waals surface area contributed by atoms with Gasteiger partial charge in [0.1, 0.15) is 0 Å². The van der Waals surface area contributed by atoms with Gasteiger partial charge in [0.25, 0.3) is 0 Å². The van der Waals surface area contributed by atoms with Gasteiger partial charge in [0.2, 0.25) is 5.95 Å². The summed E-state index contributed by atoms with van der Waals surface area (Å²) in [6.07, 6.45) is 2.21. The van der Waals surface area contributed by atoms with Gasteiger partial charge in [-0.1, -0.05) is 115 Å². The van der Waals surface area contributed by atoms with Crippen LogP contribution in [0.3, 0.4) is 0 Å². The van der Waals surface area contributed by atoms with E-state index in [-0.39, 0.29) is 0 Å². The van der Waals surface area contributed by atoms with Crippen LogP contribution in [-0.2, 0) is 0 Å². The Labute approximate surface area is 273 Å². The first-order valence-corrected chi connectivity index (χ1v) is 16.5. The van der Waals surface area contributed by atoms with Crippen molar-refractivity contribution in [3.05, 3.63) is 152 Å². The predicted octanol–water partition coefficient (Wildman–Crippen LogP) is 10.6. The van der Waals surface area contributed by atoms with Gasteiger partial charge >= 0.3 is 0 Å². The van der Waals surface area contributed by atoms with Crippen molar-refractivity contribution in [2.24, 2.45) is 0 Å². The van der Waals surface area contributed by atoms with E-state index in [1.807, 2.05) is 47.7 Å². The summed E-state index contributed by atoms with van der Waals surface area (Å²) >= 11 is 1.84. The highest BCUT2D eigenvalue weighted by atomic mass is 32.1. The van der Waals surface area contributed by atoms with Crippen molar-refractivity contribution >= 4 is 64.2 Å². The monoisotopic (exact) mass is 619 g/mol. The number of hydrogen-bond donors (Lipinski definition) is 0. The lowest BCUT2D eigenvalue weighted by atomic mass is 10.0. The van der Waals surface area contributed by atoms with Gasteiger partial charge < -0.3 is 4.57 Å². The molecule has 0 aliphatic heterocycles. The number of fused-ring (bicyclic) bond motifs is 10. The number of aromatic nitrogens is 5. The minimum atomic E-state index is 0.597. The van der Waals surface area contributed by atoms with E-state index in [1.54, 1.807) is 0 Å². The molecule has 10 rings (SSSR count). The zero-order chi connectivity index (χ0) is 30.9. The molecule has 0 atom stereocenters. The molecule has 220 valence electrons. The Bertz CT molecular complexity index is 2720. The maximum atomic E-state index is 5.22. The van der Waals surface area contributed by atoms with E-state index in [9.17, 15) is 0 Å². The lowest BCUT2D eigenvalue weighted by Gasteiger charge is -2.12. The molecule has 0 unspecified atom stereocenters.